The Balaban J connectivity index is 1.61. The lowest BCUT2D eigenvalue weighted by molar-refractivity contribution is 0.949. The van der Waals surface area contributed by atoms with Gasteiger partial charge in [-0.25, -0.2) is 4.98 Å². The fraction of sp³-hybridized carbons (Fsp3) is 0.222. The number of aryl methyl sites for hydroxylation is 1. The zero-order valence-electron chi connectivity index (χ0n) is 18.1. The molecule has 1 saturated carbocycles. The van der Waals surface area contributed by atoms with E-state index in [1.165, 1.54) is 5.70 Å². The summed E-state index contributed by atoms with van der Waals surface area (Å²) in [6, 6.07) is 17.2. The summed E-state index contributed by atoms with van der Waals surface area (Å²) in [6.45, 7) is 2.00. The second-order valence-corrected chi connectivity index (χ2v) is 8.59. The summed E-state index contributed by atoms with van der Waals surface area (Å²) in [7, 11) is 0. The molecule has 32 heavy (non-hydrogen) atoms. The van der Waals surface area contributed by atoms with Crippen LogP contribution in [-0.4, -0.2) is 20.6 Å². The molecule has 1 fully saturated rings. The molecule has 0 unspecified atom stereocenters. The summed E-state index contributed by atoms with van der Waals surface area (Å²) < 4.78 is 2.37. The third-order valence-corrected chi connectivity index (χ3v) is 6.04. The third-order valence-electron chi connectivity index (χ3n) is 6.04. The van der Waals surface area contributed by atoms with Crippen LogP contribution in [0.1, 0.15) is 31.4 Å². The first-order valence-corrected chi connectivity index (χ1v) is 11.3. The van der Waals surface area contributed by atoms with Gasteiger partial charge in [-0.2, -0.15) is 0 Å². The average molecular weight is 420 g/mol. The molecule has 6 rings (SSSR count). The minimum atomic E-state index is 0.419. The Kier molecular flexibility index (Phi) is 4.60. The molecule has 2 heterocycles. The predicted molar refractivity (Wildman–Crippen MR) is 130 cm³/mol. The van der Waals surface area contributed by atoms with Gasteiger partial charge in [-0.15, -0.1) is 0 Å². The Morgan fingerprint density at radius 1 is 1.09 bits per heavy atom. The summed E-state index contributed by atoms with van der Waals surface area (Å²) in [5.41, 5.74) is 8.39. The van der Waals surface area contributed by atoms with Crippen LogP contribution in [0.15, 0.2) is 77.9 Å². The molecule has 0 atom stereocenters. The smallest absolute Gasteiger partial charge is 0.0900 e. The molecule has 5 nitrogen and oxygen atoms in total. The Morgan fingerprint density at radius 3 is 2.78 bits per heavy atom. The monoisotopic (exact) mass is 419 g/mol. The first kappa shape index (κ1) is 19.0. The van der Waals surface area contributed by atoms with Gasteiger partial charge in [-0.05, 0) is 75.1 Å². The number of benzene rings is 2. The van der Waals surface area contributed by atoms with E-state index >= 15 is 0 Å². The highest BCUT2D eigenvalue weighted by Gasteiger charge is 2.22. The molecular formula is C27H25N5. The number of para-hydroxylation sites is 2. The summed E-state index contributed by atoms with van der Waals surface area (Å²) in [5.74, 6) is 0. The number of hydrogen-bond donors (Lipinski definition) is 1. The average Bonchev–Trinajstić information content (AvgIpc) is 3.64. The fourth-order valence-corrected chi connectivity index (χ4v) is 4.23. The highest BCUT2D eigenvalue weighted by Crippen LogP contribution is 2.33. The van der Waals surface area contributed by atoms with Gasteiger partial charge in [0, 0.05) is 11.4 Å². The number of nitrogens with one attached hydrogen (secondary N) is 1. The minimum absolute atomic E-state index is 0.419. The molecule has 1 aliphatic heterocycles. The van der Waals surface area contributed by atoms with Crippen LogP contribution in [0.2, 0.25) is 0 Å². The molecule has 1 aromatic heterocycles. The Hall–Kier alpha value is -3.73. The zero-order chi connectivity index (χ0) is 21.5. The van der Waals surface area contributed by atoms with Gasteiger partial charge in [0.25, 0.3) is 0 Å². The van der Waals surface area contributed by atoms with Crippen molar-refractivity contribution in [2.75, 3.05) is 5.32 Å². The van der Waals surface area contributed by atoms with E-state index < -0.39 is 0 Å². The van der Waals surface area contributed by atoms with Crippen molar-refractivity contribution in [1.82, 2.24) is 14.5 Å². The van der Waals surface area contributed by atoms with E-state index in [0.717, 1.165) is 70.5 Å². The molecule has 3 aliphatic carbocycles. The van der Waals surface area contributed by atoms with Crippen LogP contribution in [0, 0.1) is 6.92 Å². The number of allylic oxidation sites excluding steroid dienone is 4. The van der Waals surface area contributed by atoms with Gasteiger partial charge >= 0.3 is 0 Å². The molecule has 0 radical (unpaired) electrons. The largest absolute Gasteiger partial charge is 0.352 e. The van der Waals surface area contributed by atoms with Crippen molar-refractivity contribution in [3.05, 3.63) is 84.0 Å². The van der Waals surface area contributed by atoms with Gasteiger partial charge < -0.3 is 9.88 Å². The second kappa shape index (κ2) is 7.75. The van der Waals surface area contributed by atoms with Crippen LogP contribution in [0.25, 0.3) is 28.1 Å². The van der Waals surface area contributed by atoms with Crippen molar-refractivity contribution in [2.45, 2.75) is 38.6 Å². The van der Waals surface area contributed by atoms with Gasteiger partial charge in [0.1, 0.15) is 0 Å². The van der Waals surface area contributed by atoms with Crippen LogP contribution < -0.4 is 10.7 Å². The highest BCUT2D eigenvalue weighted by molar-refractivity contribution is 5.86. The molecule has 0 amide bonds. The minimum Gasteiger partial charge on any atom is -0.352 e. The van der Waals surface area contributed by atoms with Gasteiger partial charge in [0.05, 0.1) is 51.4 Å². The summed E-state index contributed by atoms with van der Waals surface area (Å²) in [5, 5.41) is 4.53. The van der Waals surface area contributed by atoms with Crippen LogP contribution in [0.3, 0.4) is 0 Å². The lowest BCUT2D eigenvalue weighted by atomic mass is 10.1. The van der Waals surface area contributed by atoms with E-state index in [9.17, 15) is 0 Å². The third kappa shape index (κ3) is 3.60. The van der Waals surface area contributed by atoms with Crippen molar-refractivity contribution in [2.24, 2.45) is 4.99 Å². The van der Waals surface area contributed by atoms with Crippen molar-refractivity contribution in [1.29, 1.82) is 0 Å². The first-order chi connectivity index (χ1) is 15.7. The van der Waals surface area contributed by atoms with Crippen LogP contribution in [0.4, 0.5) is 11.4 Å². The lowest BCUT2D eigenvalue weighted by Gasteiger charge is -2.23. The molecule has 158 valence electrons. The van der Waals surface area contributed by atoms with E-state index in [1.54, 1.807) is 0 Å². The Morgan fingerprint density at radius 2 is 2.00 bits per heavy atom. The van der Waals surface area contributed by atoms with E-state index in [2.05, 4.69) is 75.6 Å². The number of fused-ring (bicyclic) bond motifs is 2. The molecule has 4 aliphatic rings. The predicted octanol–water partition coefficient (Wildman–Crippen LogP) is 5.84. The topological polar surface area (TPSA) is 55.1 Å². The first-order valence-electron chi connectivity index (χ1n) is 11.3. The maximum absolute atomic E-state index is 5.04. The van der Waals surface area contributed by atoms with Crippen molar-refractivity contribution in [3.8, 4) is 11.4 Å². The molecule has 0 spiro atoms. The molecule has 5 heteroatoms. The molecule has 1 aromatic carbocycles. The maximum Gasteiger partial charge on any atom is 0.0900 e. The molecular weight excluding hydrogens is 394 g/mol. The molecule has 2 aromatic rings. The van der Waals surface area contributed by atoms with Gasteiger partial charge in [0.15, 0.2) is 0 Å². The Bertz CT molecular complexity index is 1400. The summed E-state index contributed by atoms with van der Waals surface area (Å²) in [4.78, 5) is 14.5. The summed E-state index contributed by atoms with van der Waals surface area (Å²) >= 11 is 0. The van der Waals surface area contributed by atoms with Gasteiger partial charge in [-0.3, -0.25) is 9.98 Å². The van der Waals surface area contributed by atoms with Crippen molar-refractivity contribution in [3.63, 3.8) is 0 Å². The molecule has 0 saturated heterocycles. The summed E-state index contributed by atoms with van der Waals surface area (Å²) in [6.07, 6.45) is 12.9. The SMILES string of the molecule is Cc1ccc(Nc2cc3nc4ccccc4n(C4=CC=CCC4)c-3c/c2=N\C2CC2)cn1. The highest BCUT2D eigenvalue weighted by atomic mass is 15.0. The van der Waals surface area contributed by atoms with Crippen LogP contribution in [0.5, 0.6) is 0 Å². The van der Waals surface area contributed by atoms with Crippen LogP contribution >= 0.6 is 0 Å². The van der Waals surface area contributed by atoms with E-state index in [1.807, 2.05) is 19.2 Å². The molecule has 0 bridgehead atoms. The fourth-order valence-electron chi connectivity index (χ4n) is 4.23. The van der Waals surface area contributed by atoms with E-state index in [0.29, 0.717) is 6.04 Å². The lowest BCUT2D eigenvalue weighted by Crippen LogP contribution is -2.16. The number of nitrogens with zero attached hydrogens (tertiary/aromatic N) is 4. The number of rotatable bonds is 4. The number of anilines is 2. The van der Waals surface area contributed by atoms with Gasteiger partial charge in [0.2, 0.25) is 0 Å². The van der Waals surface area contributed by atoms with Crippen LogP contribution in [-0.2, 0) is 0 Å². The molecule has 1 N–H and O–H groups in total. The van der Waals surface area contributed by atoms with E-state index in [4.69, 9.17) is 9.98 Å². The van der Waals surface area contributed by atoms with Crippen molar-refractivity contribution < 1.29 is 0 Å². The normalized spacial score (nSPS) is 16.5. The number of aromatic nitrogens is 3. The van der Waals surface area contributed by atoms with Gasteiger partial charge in [-0.1, -0.05) is 24.3 Å². The number of pyridine rings is 1. The quantitative estimate of drug-likeness (QED) is 0.423. The van der Waals surface area contributed by atoms with E-state index in [-0.39, 0.29) is 0 Å². The second-order valence-electron chi connectivity index (χ2n) is 8.59. The Labute approximate surface area is 187 Å². The number of hydrogen-bond acceptors (Lipinski definition) is 4. The zero-order valence-corrected chi connectivity index (χ0v) is 18.1. The van der Waals surface area contributed by atoms with Crippen molar-refractivity contribution >= 4 is 28.1 Å². The maximum atomic E-state index is 5.04. The standard InChI is InChI=1S/C27H25N5/c1-18-11-12-20(17-28-18)30-23-15-25-27(16-24(23)29-19-13-14-19)32(21-7-3-2-4-8-21)26-10-6-5-9-22(26)31-25/h2-3,5-7,9-12,15-17,19,30H,4,8,13-14H2,1H3/b29-24+.